The molecule has 7 nitrogen and oxygen atoms in total. The molecule has 0 aromatic heterocycles. The summed E-state index contributed by atoms with van der Waals surface area (Å²) in [5.74, 6) is -2.23. The van der Waals surface area contributed by atoms with E-state index in [0.717, 1.165) is 10.5 Å². The fraction of sp³-hybridized carbons (Fsp3) is 0.500. The molecule has 0 radical (unpaired) electrons. The summed E-state index contributed by atoms with van der Waals surface area (Å²) < 4.78 is 10.2. The van der Waals surface area contributed by atoms with E-state index in [-0.39, 0.29) is 19.8 Å². The van der Waals surface area contributed by atoms with Gasteiger partial charge in [-0.2, -0.15) is 0 Å². The normalized spacial score (nSPS) is 12.8. The number of nitrogens with zero attached hydrogens (tertiary/aromatic N) is 1. The van der Waals surface area contributed by atoms with E-state index in [1.807, 2.05) is 18.2 Å². The van der Waals surface area contributed by atoms with Gasteiger partial charge >= 0.3 is 18.0 Å². The van der Waals surface area contributed by atoms with E-state index in [2.05, 4.69) is 0 Å². The Labute approximate surface area is 147 Å². The monoisotopic (exact) mass is 351 g/mol. The van der Waals surface area contributed by atoms with Crippen LogP contribution in [0.5, 0.6) is 0 Å². The molecule has 2 atom stereocenters. The third-order valence-corrected chi connectivity index (χ3v) is 3.79. The number of esters is 1. The van der Waals surface area contributed by atoms with Gasteiger partial charge in [0.15, 0.2) is 0 Å². The van der Waals surface area contributed by atoms with Crippen LogP contribution < -0.4 is 0 Å². The van der Waals surface area contributed by atoms with Crippen molar-refractivity contribution in [1.29, 1.82) is 0 Å². The van der Waals surface area contributed by atoms with E-state index in [0.29, 0.717) is 6.42 Å². The molecule has 0 bridgehead atoms. The Bertz CT molecular complexity index is 574. The summed E-state index contributed by atoms with van der Waals surface area (Å²) in [6.07, 6.45) is -0.352. The van der Waals surface area contributed by atoms with Crippen molar-refractivity contribution >= 4 is 18.0 Å². The first kappa shape index (κ1) is 20.5. The van der Waals surface area contributed by atoms with Crippen LogP contribution in [0, 0.1) is 5.92 Å². The minimum absolute atomic E-state index is 0.0265. The molecule has 1 N–H and O–H groups in total. The van der Waals surface area contributed by atoms with E-state index >= 15 is 0 Å². The lowest BCUT2D eigenvalue weighted by Gasteiger charge is -2.28. The zero-order valence-corrected chi connectivity index (χ0v) is 14.8. The maximum Gasteiger partial charge on any atom is 0.410 e. The van der Waals surface area contributed by atoms with Crippen molar-refractivity contribution in [2.24, 2.45) is 5.92 Å². The second-order valence-electron chi connectivity index (χ2n) is 5.56. The molecule has 0 aliphatic heterocycles. The minimum Gasteiger partial charge on any atom is -0.480 e. The number of ether oxygens (including phenoxy) is 2. The molecule has 0 aliphatic rings. The van der Waals surface area contributed by atoms with Gasteiger partial charge in [-0.05, 0) is 25.8 Å². The third kappa shape index (κ3) is 6.45. The van der Waals surface area contributed by atoms with Crippen LogP contribution >= 0.6 is 0 Å². The Morgan fingerprint density at radius 1 is 1.12 bits per heavy atom. The van der Waals surface area contributed by atoms with Gasteiger partial charge in [0.05, 0.1) is 12.5 Å². The van der Waals surface area contributed by atoms with Crippen LogP contribution in [-0.4, -0.2) is 47.2 Å². The Hall–Kier alpha value is -2.57. The molecule has 138 valence electrons. The van der Waals surface area contributed by atoms with Crippen molar-refractivity contribution in [3.63, 3.8) is 0 Å². The summed E-state index contributed by atoms with van der Waals surface area (Å²) in [7, 11) is 0. The number of hydrogen-bond acceptors (Lipinski definition) is 5. The van der Waals surface area contributed by atoms with E-state index < -0.39 is 30.0 Å². The lowest BCUT2D eigenvalue weighted by atomic mass is 10.1. The summed E-state index contributed by atoms with van der Waals surface area (Å²) >= 11 is 0. The van der Waals surface area contributed by atoms with Crippen molar-refractivity contribution < 1.29 is 29.0 Å². The van der Waals surface area contributed by atoms with Crippen molar-refractivity contribution in [3.8, 4) is 0 Å². The second-order valence-corrected chi connectivity index (χ2v) is 5.56. The predicted octanol–water partition coefficient (Wildman–Crippen LogP) is 2.69. The van der Waals surface area contributed by atoms with E-state index in [9.17, 15) is 19.5 Å². The lowest BCUT2D eigenvalue weighted by Crippen LogP contribution is -2.47. The van der Waals surface area contributed by atoms with Gasteiger partial charge in [-0.15, -0.1) is 0 Å². The van der Waals surface area contributed by atoms with Gasteiger partial charge in [0, 0.05) is 6.54 Å². The molecule has 1 amide bonds. The number of carbonyl (C=O) groups excluding carboxylic acids is 2. The average molecular weight is 351 g/mol. The highest BCUT2D eigenvalue weighted by Crippen LogP contribution is 2.14. The van der Waals surface area contributed by atoms with Crippen LogP contribution in [0.1, 0.15) is 32.8 Å². The van der Waals surface area contributed by atoms with Gasteiger partial charge in [-0.1, -0.05) is 37.3 Å². The van der Waals surface area contributed by atoms with Gasteiger partial charge < -0.3 is 14.6 Å². The Morgan fingerprint density at radius 2 is 1.76 bits per heavy atom. The van der Waals surface area contributed by atoms with Gasteiger partial charge in [0.2, 0.25) is 0 Å². The van der Waals surface area contributed by atoms with Crippen LogP contribution in [0.4, 0.5) is 4.79 Å². The fourth-order valence-corrected chi connectivity index (χ4v) is 2.19. The lowest BCUT2D eigenvalue weighted by molar-refractivity contribution is -0.150. The molecule has 1 aromatic rings. The third-order valence-electron chi connectivity index (χ3n) is 3.79. The maximum absolute atomic E-state index is 12.4. The molecule has 1 rings (SSSR count). The fourth-order valence-electron chi connectivity index (χ4n) is 2.19. The second kappa shape index (κ2) is 10.3. The van der Waals surface area contributed by atoms with Crippen molar-refractivity contribution in [3.05, 3.63) is 35.9 Å². The number of amides is 1. The van der Waals surface area contributed by atoms with Crippen molar-refractivity contribution in [1.82, 2.24) is 4.90 Å². The molecule has 1 aromatic carbocycles. The van der Waals surface area contributed by atoms with E-state index in [1.165, 1.54) is 6.92 Å². The van der Waals surface area contributed by atoms with Gasteiger partial charge in [0.25, 0.3) is 0 Å². The number of carboxylic acid groups (broad SMARTS) is 1. The topological polar surface area (TPSA) is 93.1 Å². The number of rotatable bonds is 9. The quantitative estimate of drug-likeness (QED) is 0.688. The highest BCUT2D eigenvalue weighted by molar-refractivity contribution is 5.80. The average Bonchev–Trinajstić information content (AvgIpc) is 2.61. The molecule has 0 spiro atoms. The van der Waals surface area contributed by atoms with Gasteiger partial charge in [-0.25, -0.2) is 9.59 Å². The number of carbonyl (C=O) groups is 3. The van der Waals surface area contributed by atoms with Crippen LogP contribution in [0.3, 0.4) is 0 Å². The van der Waals surface area contributed by atoms with Gasteiger partial charge in [0.1, 0.15) is 12.6 Å². The molecular formula is C18H25NO6. The number of hydrogen-bond donors (Lipinski definition) is 1. The SMILES string of the molecule is CCOC(=O)C(CC)CN(C(=O)OCc1ccccc1)C(C)C(=O)O. The van der Waals surface area contributed by atoms with Crippen LogP contribution in [-0.2, 0) is 25.7 Å². The number of carboxylic acids is 1. The summed E-state index contributed by atoms with van der Waals surface area (Å²) in [5.41, 5.74) is 0.788. The minimum atomic E-state index is -1.17. The Kier molecular flexibility index (Phi) is 8.46. The predicted molar refractivity (Wildman–Crippen MR) is 90.8 cm³/mol. The van der Waals surface area contributed by atoms with Gasteiger partial charge in [-0.3, -0.25) is 9.69 Å². The number of benzene rings is 1. The van der Waals surface area contributed by atoms with E-state index in [1.54, 1.807) is 26.0 Å². The van der Waals surface area contributed by atoms with Crippen LogP contribution in [0.2, 0.25) is 0 Å². The highest BCUT2D eigenvalue weighted by atomic mass is 16.6. The zero-order valence-electron chi connectivity index (χ0n) is 14.8. The molecule has 0 heterocycles. The summed E-state index contributed by atoms with van der Waals surface area (Å²) in [5, 5.41) is 9.25. The van der Waals surface area contributed by atoms with Crippen molar-refractivity contribution in [2.45, 2.75) is 39.8 Å². The molecule has 2 unspecified atom stereocenters. The first-order valence-electron chi connectivity index (χ1n) is 8.27. The molecular weight excluding hydrogens is 326 g/mol. The molecule has 0 saturated carbocycles. The Morgan fingerprint density at radius 3 is 2.28 bits per heavy atom. The molecule has 7 heteroatoms. The first-order chi connectivity index (χ1) is 11.9. The van der Waals surface area contributed by atoms with E-state index in [4.69, 9.17) is 9.47 Å². The molecule has 0 saturated heterocycles. The van der Waals surface area contributed by atoms with Crippen LogP contribution in [0.15, 0.2) is 30.3 Å². The molecule has 0 aliphatic carbocycles. The highest BCUT2D eigenvalue weighted by Gasteiger charge is 2.31. The summed E-state index contributed by atoms with van der Waals surface area (Å²) in [6.45, 7) is 5.03. The van der Waals surface area contributed by atoms with Crippen molar-refractivity contribution in [2.75, 3.05) is 13.2 Å². The Balaban J connectivity index is 2.82. The maximum atomic E-state index is 12.4. The summed E-state index contributed by atoms with van der Waals surface area (Å²) in [4.78, 5) is 36.7. The zero-order chi connectivity index (χ0) is 18.8. The number of aliphatic carboxylic acids is 1. The first-order valence-corrected chi connectivity index (χ1v) is 8.27. The standard InChI is InChI=1S/C18H25NO6/c1-4-15(17(22)24-5-2)11-19(13(3)16(20)21)18(23)25-12-14-9-7-6-8-10-14/h6-10,13,15H,4-5,11-12H2,1-3H3,(H,20,21). The molecule has 25 heavy (non-hydrogen) atoms. The van der Waals surface area contributed by atoms with Crippen LogP contribution in [0.25, 0.3) is 0 Å². The largest absolute Gasteiger partial charge is 0.480 e. The molecule has 0 fully saturated rings. The smallest absolute Gasteiger partial charge is 0.410 e. The summed E-state index contributed by atoms with van der Waals surface area (Å²) in [6, 6.07) is 7.95.